The van der Waals surface area contributed by atoms with E-state index in [9.17, 15) is 9.59 Å². The summed E-state index contributed by atoms with van der Waals surface area (Å²) < 4.78 is 0. The van der Waals surface area contributed by atoms with Crippen LogP contribution in [0.3, 0.4) is 0 Å². The molecule has 0 radical (unpaired) electrons. The van der Waals surface area contributed by atoms with E-state index in [1.807, 2.05) is 65.7 Å². The lowest BCUT2D eigenvalue weighted by atomic mass is 9.95. The average Bonchev–Trinajstić information content (AvgIpc) is 3.12. The molecular weight excluding hydrogens is 338 g/mol. The summed E-state index contributed by atoms with van der Waals surface area (Å²) in [4.78, 5) is 30.2. The molecule has 1 fully saturated rings. The minimum atomic E-state index is -0.0395. The Bertz CT molecular complexity index is 940. The summed E-state index contributed by atoms with van der Waals surface area (Å²) >= 11 is 0. The van der Waals surface area contributed by atoms with Gasteiger partial charge < -0.3 is 15.2 Å². The first-order valence-electron chi connectivity index (χ1n) is 9.39. The predicted octanol–water partition coefficient (Wildman–Crippen LogP) is 3.59. The van der Waals surface area contributed by atoms with Crippen LogP contribution in [0.5, 0.6) is 0 Å². The zero-order chi connectivity index (χ0) is 18.6. The molecule has 1 saturated heterocycles. The third-order valence-electron chi connectivity index (χ3n) is 5.28. The first-order valence-corrected chi connectivity index (χ1v) is 9.39. The van der Waals surface area contributed by atoms with Gasteiger partial charge in [0.15, 0.2) is 0 Å². The largest absolute Gasteiger partial charge is 0.361 e. The Balaban J connectivity index is 1.32. The Morgan fingerprint density at radius 3 is 2.48 bits per heavy atom. The van der Waals surface area contributed by atoms with Gasteiger partial charge in [-0.05, 0) is 36.6 Å². The van der Waals surface area contributed by atoms with Crippen LogP contribution in [0.2, 0.25) is 0 Å². The van der Waals surface area contributed by atoms with E-state index in [1.54, 1.807) is 0 Å². The summed E-state index contributed by atoms with van der Waals surface area (Å²) in [5, 5.41) is 4.07. The van der Waals surface area contributed by atoms with E-state index < -0.39 is 0 Å². The van der Waals surface area contributed by atoms with Crippen LogP contribution in [0.4, 0.5) is 5.69 Å². The molecular formula is C22H23N3O2. The lowest BCUT2D eigenvalue weighted by Crippen LogP contribution is -2.42. The fourth-order valence-corrected chi connectivity index (χ4v) is 3.71. The molecule has 2 amide bonds. The minimum Gasteiger partial charge on any atom is -0.361 e. The number of hydrogen-bond acceptors (Lipinski definition) is 2. The highest BCUT2D eigenvalue weighted by molar-refractivity contribution is 5.93. The van der Waals surface area contributed by atoms with Gasteiger partial charge in [0.25, 0.3) is 0 Å². The third-order valence-corrected chi connectivity index (χ3v) is 5.28. The number of likely N-dealkylation sites (tertiary alicyclic amines) is 1. The van der Waals surface area contributed by atoms with E-state index in [2.05, 4.69) is 10.3 Å². The SMILES string of the molecule is O=C(Nc1ccccc1)C1CCN(C(=O)Cc2c[nH]c3ccccc23)CC1. The topological polar surface area (TPSA) is 65.2 Å². The molecule has 138 valence electrons. The van der Waals surface area contributed by atoms with Crippen molar-refractivity contribution in [2.45, 2.75) is 19.3 Å². The van der Waals surface area contributed by atoms with Gasteiger partial charge in [0.1, 0.15) is 0 Å². The molecule has 1 aliphatic rings. The quantitative estimate of drug-likeness (QED) is 0.746. The van der Waals surface area contributed by atoms with E-state index in [0.717, 1.165) is 22.2 Å². The van der Waals surface area contributed by atoms with Crippen LogP contribution in [0.15, 0.2) is 60.8 Å². The van der Waals surface area contributed by atoms with Gasteiger partial charge in [-0.15, -0.1) is 0 Å². The fraction of sp³-hybridized carbons (Fsp3) is 0.273. The Kier molecular flexibility index (Phi) is 4.92. The van der Waals surface area contributed by atoms with E-state index in [4.69, 9.17) is 0 Å². The van der Waals surface area contributed by atoms with Crippen LogP contribution < -0.4 is 5.32 Å². The number of piperidine rings is 1. The maximum Gasteiger partial charge on any atom is 0.227 e. The van der Waals surface area contributed by atoms with Crippen LogP contribution in [-0.4, -0.2) is 34.8 Å². The second-order valence-electron chi connectivity index (χ2n) is 7.05. The predicted molar refractivity (Wildman–Crippen MR) is 106 cm³/mol. The number of rotatable bonds is 4. The molecule has 0 aliphatic carbocycles. The van der Waals surface area contributed by atoms with Crippen molar-refractivity contribution in [1.29, 1.82) is 0 Å². The number of para-hydroxylation sites is 2. The van der Waals surface area contributed by atoms with Gasteiger partial charge in [0, 0.05) is 41.8 Å². The number of carbonyl (C=O) groups excluding carboxylic acids is 2. The van der Waals surface area contributed by atoms with Crippen LogP contribution in [0, 0.1) is 5.92 Å². The molecule has 1 aromatic heterocycles. The molecule has 5 heteroatoms. The normalized spacial score (nSPS) is 15.0. The molecule has 0 spiro atoms. The number of nitrogens with zero attached hydrogens (tertiary/aromatic N) is 1. The van der Waals surface area contributed by atoms with E-state index in [0.29, 0.717) is 32.4 Å². The fourth-order valence-electron chi connectivity index (χ4n) is 3.71. The monoisotopic (exact) mass is 361 g/mol. The summed E-state index contributed by atoms with van der Waals surface area (Å²) in [5.74, 6) is 0.133. The smallest absolute Gasteiger partial charge is 0.227 e. The van der Waals surface area contributed by atoms with Crippen molar-refractivity contribution in [3.63, 3.8) is 0 Å². The zero-order valence-electron chi connectivity index (χ0n) is 15.2. The lowest BCUT2D eigenvalue weighted by Gasteiger charge is -2.31. The Hall–Kier alpha value is -3.08. The summed E-state index contributed by atoms with van der Waals surface area (Å²) in [5.41, 5.74) is 2.90. The number of aromatic nitrogens is 1. The average molecular weight is 361 g/mol. The number of aromatic amines is 1. The molecule has 1 aliphatic heterocycles. The van der Waals surface area contributed by atoms with Crippen molar-refractivity contribution in [2.75, 3.05) is 18.4 Å². The van der Waals surface area contributed by atoms with Crippen molar-refractivity contribution < 1.29 is 9.59 Å². The van der Waals surface area contributed by atoms with Gasteiger partial charge in [-0.1, -0.05) is 36.4 Å². The molecule has 0 unspecified atom stereocenters. The molecule has 27 heavy (non-hydrogen) atoms. The number of benzene rings is 2. The number of nitrogens with one attached hydrogen (secondary N) is 2. The lowest BCUT2D eigenvalue weighted by molar-refractivity contribution is -0.133. The second-order valence-corrected chi connectivity index (χ2v) is 7.05. The molecule has 2 aromatic carbocycles. The Morgan fingerprint density at radius 2 is 1.70 bits per heavy atom. The standard InChI is InChI=1S/C22H23N3O2/c26-21(14-17-15-23-20-9-5-4-8-19(17)20)25-12-10-16(11-13-25)22(27)24-18-6-2-1-3-7-18/h1-9,15-16,23H,10-14H2,(H,24,27). The molecule has 2 heterocycles. The summed E-state index contributed by atoms with van der Waals surface area (Å²) in [7, 11) is 0. The van der Waals surface area contributed by atoms with E-state index in [1.165, 1.54) is 0 Å². The number of fused-ring (bicyclic) bond motifs is 1. The summed E-state index contributed by atoms with van der Waals surface area (Å²) in [6.45, 7) is 1.27. The van der Waals surface area contributed by atoms with Gasteiger partial charge in [0.05, 0.1) is 6.42 Å². The highest BCUT2D eigenvalue weighted by Gasteiger charge is 2.27. The molecule has 0 saturated carbocycles. The molecule has 2 N–H and O–H groups in total. The van der Waals surface area contributed by atoms with Crippen molar-refractivity contribution in [2.24, 2.45) is 5.92 Å². The van der Waals surface area contributed by atoms with Crippen LogP contribution in [-0.2, 0) is 16.0 Å². The van der Waals surface area contributed by atoms with Gasteiger partial charge in [-0.2, -0.15) is 0 Å². The molecule has 3 aromatic rings. The van der Waals surface area contributed by atoms with Gasteiger partial charge in [-0.25, -0.2) is 0 Å². The van der Waals surface area contributed by atoms with Crippen molar-refractivity contribution >= 4 is 28.4 Å². The third kappa shape index (κ3) is 3.87. The number of amides is 2. The molecule has 0 bridgehead atoms. The van der Waals surface area contributed by atoms with Crippen LogP contribution in [0.1, 0.15) is 18.4 Å². The molecule has 4 rings (SSSR count). The number of hydrogen-bond donors (Lipinski definition) is 2. The highest BCUT2D eigenvalue weighted by Crippen LogP contribution is 2.22. The second kappa shape index (κ2) is 7.66. The summed E-state index contributed by atoms with van der Waals surface area (Å²) in [6.07, 6.45) is 3.73. The first-order chi connectivity index (χ1) is 13.2. The van der Waals surface area contributed by atoms with Crippen molar-refractivity contribution in [3.05, 3.63) is 66.4 Å². The maximum atomic E-state index is 12.7. The zero-order valence-corrected chi connectivity index (χ0v) is 15.2. The number of carbonyl (C=O) groups is 2. The van der Waals surface area contributed by atoms with Gasteiger partial charge >= 0.3 is 0 Å². The van der Waals surface area contributed by atoms with Crippen LogP contribution >= 0.6 is 0 Å². The number of anilines is 1. The maximum absolute atomic E-state index is 12.7. The van der Waals surface area contributed by atoms with Gasteiger partial charge in [-0.3, -0.25) is 9.59 Å². The van der Waals surface area contributed by atoms with Crippen molar-refractivity contribution in [3.8, 4) is 0 Å². The minimum absolute atomic E-state index is 0.0395. The van der Waals surface area contributed by atoms with Gasteiger partial charge in [0.2, 0.25) is 11.8 Å². The highest BCUT2D eigenvalue weighted by atomic mass is 16.2. The number of H-pyrrole nitrogens is 1. The van der Waals surface area contributed by atoms with E-state index >= 15 is 0 Å². The molecule has 0 atom stereocenters. The molecule has 5 nitrogen and oxygen atoms in total. The first kappa shape index (κ1) is 17.3. The van der Waals surface area contributed by atoms with Crippen molar-refractivity contribution in [1.82, 2.24) is 9.88 Å². The van der Waals surface area contributed by atoms with Crippen LogP contribution in [0.25, 0.3) is 10.9 Å². The van der Waals surface area contributed by atoms with E-state index in [-0.39, 0.29) is 17.7 Å². The Morgan fingerprint density at radius 1 is 1.00 bits per heavy atom. The Labute approximate surface area is 158 Å². The summed E-state index contributed by atoms with van der Waals surface area (Å²) in [6, 6.07) is 17.5.